The number of benzene rings is 1. The number of hydrogen-bond donors (Lipinski definition) is 2. The van der Waals surface area contributed by atoms with Crippen LogP contribution in [-0.2, 0) is 0 Å². The third-order valence-electron chi connectivity index (χ3n) is 3.14. The van der Waals surface area contributed by atoms with Gasteiger partial charge < -0.3 is 5.73 Å². The molecule has 102 valence electrons. The van der Waals surface area contributed by atoms with E-state index in [0.29, 0.717) is 0 Å². The zero-order valence-corrected chi connectivity index (χ0v) is 10.5. The summed E-state index contributed by atoms with van der Waals surface area (Å²) < 4.78 is 0. The van der Waals surface area contributed by atoms with Crippen LogP contribution in [0.4, 0.5) is 11.4 Å². The van der Waals surface area contributed by atoms with Crippen LogP contribution in [0.3, 0.4) is 0 Å². The minimum absolute atomic E-state index is 0.0954. The second-order valence-electron chi connectivity index (χ2n) is 4.48. The van der Waals surface area contributed by atoms with Gasteiger partial charge in [0.2, 0.25) is 0 Å². The van der Waals surface area contributed by atoms with Crippen molar-refractivity contribution in [2.75, 3.05) is 18.8 Å². The molecular weight excluding hydrogens is 248 g/mol. The Morgan fingerprint density at radius 1 is 1.32 bits per heavy atom. The van der Waals surface area contributed by atoms with Gasteiger partial charge in [0.15, 0.2) is 0 Å². The number of hydrazine groups is 1. The number of nitro benzene ring substituents is 1. The van der Waals surface area contributed by atoms with Gasteiger partial charge in [0, 0.05) is 19.2 Å². The Morgan fingerprint density at radius 3 is 2.63 bits per heavy atom. The average Bonchev–Trinajstić information content (AvgIpc) is 2.39. The Balaban J connectivity index is 2.14. The highest BCUT2D eigenvalue weighted by atomic mass is 16.6. The van der Waals surface area contributed by atoms with Crippen molar-refractivity contribution in [3.05, 3.63) is 33.9 Å². The molecule has 1 aliphatic heterocycles. The van der Waals surface area contributed by atoms with Crippen LogP contribution < -0.4 is 11.2 Å². The molecule has 1 amide bonds. The molecule has 1 aromatic carbocycles. The Morgan fingerprint density at radius 2 is 2.00 bits per heavy atom. The van der Waals surface area contributed by atoms with Crippen LogP contribution in [0.15, 0.2) is 18.2 Å². The van der Waals surface area contributed by atoms with Gasteiger partial charge in [0.05, 0.1) is 10.5 Å². The summed E-state index contributed by atoms with van der Waals surface area (Å²) in [6.45, 7) is 1.58. The number of nitro groups is 1. The maximum atomic E-state index is 12.1. The van der Waals surface area contributed by atoms with Gasteiger partial charge in [-0.15, -0.1) is 0 Å². The lowest BCUT2D eigenvalue weighted by Crippen LogP contribution is -2.45. The van der Waals surface area contributed by atoms with Crippen molar-refractivity contribution >= 4 is 17.3 Å². The fraction of sp³-hybridized carbons (Fsp3) is 0.417. The van der Waals surface area contributed by atoms with Crippen LogP contribution in [0.2, 0.25) is 0 Å². The van der Waals surface area contributed by atoms with Crippen molar-refractivity contribution in [1.82, 2.24) is 10.4 Å². The third kappa shape index (κ3) is 3.00. The first-order chi connectivity index (χ1) is 9.09. The van der Waals surface area contributed by atoms with E-state index in [9.17, 15) is 14.9 Å². The Kier molecular flexibility index (Phi) is 3.96. The molecule has 0 unspecified atom stereocenters. The van der Waals surface area contributed by atoms with Crippen molar-refractivity contribution in [3.63, 3.8) is 0 Å². The van der Waals surface area contributed by atoms with Crippen molar-refractivity contribution in [3.8, 4) is 0 Å². The van der Waals surface area contributed by atoms with E-state index in [1.54, 1.807) is 0 Å². The molecule has 0 atom stereocenters. The van der Waals surface area contributed by atoms with Crippen LogP contribution in [0.25, 0.3) is 0 Å². The Labute approximate surface area is 110 Å². The molecule has 1 aliphatic rings. The number of piperidine rings is 1. The fourth-order valence-electron chi connectivity index (χ4n) is 2.12. The van der Waals surface area contributed by atoms with E-state index in [1.165, 1.54) is 18.2 Å². The second kappa shape index (κ2) is 5.66. The van der Waals surface area contributed by atoms with E-state index >= 15 is 0 Å². The lowest BCUT2D eigenvalue weighted by Gasteiger charge is -2.26. The molecule has 19 heavy (non-hydrogen) atoms. The number of hydrogen-bond acceptors (Lipinski definition) is 5. The van der Waals surface area contributed by atoms with Crippen LogP contribution >= 0.6 is 0 Å². The number of nitrogens with two attached hydrogens (primary N) is 1. The standard InChI is InChI=1S/C12H16N4O3/c13-11-9(5-4-6-10(11)16(18)19)12(17)14-15-7-2-1-3-8-15/h4-6H,1-3,7-8,13H2,(H,14,17). The largest absolute Gasteiger partial charge is 0.393 e. The number of nitrogen functional groups attached to an aromatic ring is 1. The number of amides is 1. The molecule has 7 heteroatoms. The van der Waals surface area contributed by atoms with Gasteiger partial charge in [-0.25, -0.2) is 5.01 Å². The molecule has 3 N–H and O–H groups in total. The number of carbonyl (C=O) groups is 1. The zero-order chi connectivity index (χ0) is 13.8. The quantitative estimate of drug-likeness (QED) is 0.487. The highest BCUT2D eigenvalue weighted by Crippen LogP contribution is 2.24. The topological polar surface area (TPSA) is 102 Å². The summed E-state index contributed by atoms with van der Waals surface area (Å²) in [4.78, 5) is 22.2. The first-order valence-electron chi connectivity index (χ1n) is 6.18. The summed E-state index contributed by atoms with van der Waals surface area (Å²) in [7, 11) is 0. The van der Waals surface area contributed by atoms with Crippen LogP contribution in [0.1, 0.15) is 29.6 Å². The van der Waals surface area contributed by atoms with Gasteiger partial charge in [0.25, 0.3) is 11.6 Å². The Bertz CT molecular complexity index is 498. The van der Waals surface area contributed by atoms with Gasteiger partial charge in [-0.05, 0) is 18.9 Å². The predicted molar refractivity (Wildman–Crippen MR) is 70.4 cm³/mol. The SMILES string of the molecule is Nc1c(C(=O)NN2CCCCC2)cccc1[N+](=O)[O-]. The smallest absolute Gasteiger partial charge is 0.292 e. The maximum Gasteiger partial charge on any atom is 0.292 e. The number of anilines is 1. The maximum absolute atomic E-state index is 12.1. The highest BCUT2D eigenvalue weighted by molar-refractivity contribution is 6.00. The first kappa shape index (κ1) is 13.3. The van der Waals surface area contributed by atoms with Crippen molar-refractivity contribution in [1.29, 1.82) is 0 Å². The number of nitrogens with zero attached hydrogens (tertiary/aromatic N) is 2. The molecule has 1 saturated heterocycles. The molecule has 0 saturated carbocycles. The van der Waals surface area contributed by atoms with Crippen LogP contribution in [-0.4, -0.2) is 28.9 Å². The van der Waals surface area contributed by atoms with E-state index in [4.69, 9.17) is 5.73 Å². The van der Waals surface area contributed by atoms with Crippen LogP contribution in [0, 0.1) is 10.1 Å². The first-order valence-corrected chi connectivity index (χ1v) is 6.18. The Hall–Kier alpha value is -2.15. The summed E-state index contributed by atoms with van der Waals surface area (Å²) in [5.41, 5.74) is 8.20. The molecule has 1 aromatic rings. The third-order valence-corrected chi connectivity index (χ3v) is 3.14. The monoisotopic (exact) mass is 264 g/mol. The molecule has 0 bridgehead atoms. The molecule has 0 aromatic heterocycles. The van der Waals surface area contributed by atoms with Gasteiger partial charge in [-0.2, -0.15) is 0 Å². The molecule has 2 rings (SSSR count). The number of nitrogens with one attached hydrogen (secondary N) is 1. The highest BCUT2D eigenvalue weighted by Gasteiger charge is 2.21. The summed E-state index contributed by atoms with van der Waals surface area (Å²) in [6, 6.07) is 4.23. The molecule has 1 fully saturated rings. The lowest BCUT2D eigenvalue weighted by molar-refractivity contribution is -0.383. The molecule has 0 spiro atoms. The molecular formula is C12H16N4O3. The van der Waals surface area contributed by atoms with Crippen molar-refractivity contribution in [2.24, 2.45) is 0 Å². The van der Waals surface area contributed by atoms with Gasteiger partial charge >= 0.3 is 0 Å². The van der Waals surface area contributed by atoms with E-state index in [-0.39, 0.29) is 16.9 Å². The minimum atomic E-state index is -0.590. The fourth-order valence-corrected chi connectivity index (χ4v) is 2.12. The van der Waals surface area contributed by atoms with Gasteiger partial charge in [-0.3, -0.25) is 20.3 Å². The molecule has 7 nitrogen and oxygen atoms in total. The van der Waals surface area contributed by atoms with E-state index in [1.807, 2.05) is 5.01 Å². The minimum Gasteiger partial charge on any atom is -0.393 e. The van der Waals surface area contributed by atoms with E-state index in [0.717, 1.165) is 32.4 Å². The summed E-state index contributed by atoms with van der Waals surface area (Å²) in [6.07, 6.45) is 3.22. The van der Waals surface area contributed by atoms with Gasteiger partial charge in [0.1, 0.15) is 5.69 Å². The lowest BCUT2D eigenvalue weighted by atomic mass is 10.1. The van der Waals surface area contributed by atoms with Gasteiger partial charge in [-0.1, -0.05) is 12.5 Å². The van der Waals surface area contributed by atoms with Crippen LogP contribution in [0.5, 0.6) is 0 Å². The number of carbonyl (C=O) groups excluding carboxylic acids is 1. The van der Waals surface area contributed by atoms with Crippen molar-refractivity contribution in [2.45, 2.75) is 19.3 Å². The number of rotatable bonds is 3. The number of para-hydroxylation sites is 1. The summed E-state index contributed by atoms with van der Waals surface area (Å²) in [5.74, 6) is -0.400. The molecule has 0 radical (unpaired) electrons. The summed E-state index contributed by atoms with van der Waals surface area (Å²) >= 11 is 0. The second-order valence-corrected chi connectivity index (χ2v) is 4.48. The summed E-state index contributed by atoms with van der Waals surface area (Å²) in [5, 5.41) is 12.6. The van der Waals surface area contributed by atoms with E-state index in [2.05, 4.69) is 5.43 Å². The van der Waals surface area contributed by atoms with Crippen molar-refractivity contribution < 1.29 is 9.72 Å². The predicted octanol–water partition coefficient (Wildman–Crippen LogP) is 1.31. The molecule has 0 aliphatic carbocycles. The zero-order valence-electron chi connectivity index (χ0n) is 10.5. The van der Waals surface area contributed by atoms with E-state index < -0.39 is 10.8 Å². The normalized spacial score (nSPS) is 16.0. The average molecular weight is 264 g/mol. The molecule has 1 heterocycles.